The summed E-state index contributed by atoms with van der Waals surface area (Å²) in [5.41, 5.74) is 4.43. The summed E-state index contributed by atoms with van der Waals surface area (Å²) < 4.78 is 4.32. The molecule has 1 fully saturated rings. The van der Waals surface area contributed by atoms with E-state index in [2.05, 4.69) is 58.9 Å². The summed E-state index contributed by atoms with van der Waals surface area (Å²) in [6, 6.07) is 2.23. The topological polar surface area (TPSA) is 51.2 Å². The molecular formula is C21H30N6. The van der Waals surface area contributed by atoms with Gasteiger partial charge in [-0.15, -0.1) is 0 Å². The maximum absolute atomic E-state index is 4.82. The predicted molar refractivity (Wildman–Crippen MR) is 108 cm³/mol. The number of hydrogen-bond donors (Lipinski definition) is 0. The van der Waals surface area contributed by atoms with E-state index in [0.717, 1.165) is 54.8 Å². The van der Waals surface area contributed by atoms with Crippen molar-refractivity contribution in [3.63, 3.8) is 0 Å². The monoisotopic (exact) mass is 366 g/mol. The molecule has 0 saturated carbocycles. The number of anilines is 1. The van der Waals surface area contributed by atoms with E-state index in [1.165, 1.54) is 30.6 Å². The lowest BCUT2D eigenvalue weighted by Gasteiger charge is -2.33. The molecule has 0 N–H and O–H groups in total. The standard InChI is InChI=1S/C21H30N6/c1-5-19-14-20(27-21(23-19)15(2)16(3)24-27)26-11-7-18(8-12-26)6-10-25-13-9-22-17(25)4/h9,13-14,18H,5-8,10-12H2,1-4H3. The molecule has 0 bridgehead atoms. The second-order valence-electron chi connectivity index (χ2n) is 7.79. The van der Waals surface area contributed by atoms with E-state index in [1.54, 1.807) is 0 Å². The molecule has 144 valence electrons. The number of imidazole rings is 1. The van der Waals surface area contributed by atoms with E-state index in [1.807, 2.05) is 6.20 Å². The summed E-state index contributed by atoms with van der Waals surface area (Å²) in [6.45, 7) is 11.7. The number of rotatable bonds is 5. The van der Waals surface area contributed by atoms with Crippen LogP contribution in [0.25, 0.3) is 5.65 Å². The zero-order valence-electron chi connectivity index (χ0n) is 16.9. The normalized spacial score (nSPS) is 15.8. The summed E-state index contributed by atoms with van der Waals surface area (Å²) in [6.07, 6.45) is 8.64. The van der Waals surface area contributed by atoms with Gasteiger partial charge in [0.25, 0.3) is 0 Å². The Bertz CT molecular complexity index is 930. The van der Waals surface area contributed by atoms with Crippen molar-refractivity contribution < 1.29 is 0 Å². The lowest BCUT2D eigenvalue weighted by molar-refractivity contribution is 0.358. The van der Waals surface area contributed by atoms with Gasteiger partial charge in [-0.25, -0.2) is 9.97 Å². The Labute approximate surface area is 161 Å². The summed E-state index contributed by atoms with van der Waals surface area (Å²) in [7, 11) is 0. The molecule has 0 aliphatic carbocycles. The third-order valence-electron chi connectivity index (χ3n) is 6.09. The molecule has 1 aliphatic heterocycles. The molecule has 6 heteroatoms. The fraction of sp³-hybridized carbons (Fsp3) is 0.571. The molecule has 4 rings (SSSR count). The van der Waals surface area contributed by atoms with Crippen LogP contribution >= 0.6 is 0 Å². The van der Waals surface area contributed by atoms with Crippen molar-refractivity contribution in [2.24, 2.45) is 5.92 Å². The van der Waals surface area contributed by atoms with E-state index in [9.17, 15) is 0 Å². The van der Waals surface area contributed by atoms with E-state index < -0.39 is 0 Å². The van der Waals surface area contributed by atoms with Crippen LogP contribution in [0.1, 0.15) is 49.0 Å². The number of nitrogens with zero attached hydrogens (tertiary/aromatic N) is 6. The van der Waals surface area contributed by atoms with Gasteiger partial charge in [0.15, 0.2) is 5.65 Å². The molecule has 0 amide bonds. The molecule has 0 radical (unpaired) electrons. The number of hydrogen-bond acceptors (Lipinski definition) is 4. The van der Waals surface area contributed by atoms with Crippen molar-refractivity contribution in [2.45, 2.75) is 59.9 Å². The number of fused-ring (bicyclic) bond motifs is 1. The van der Waals surface area contributed by atoms with Crippen molar-refractivity contribution in [1.29, 1.82) is 0 Å². The maximum atomic E-state index is 4.82. The van der Waals surface area contributed by atoms with Gasteiger partial charge >= 0.3 is 0 Å². The van der Waals surface area contributed by atoms with Crippen LogP contribution in [-0.2, 0) is 13.0 Å². The highest BCUT2D eigenvalue weighted by molar-refractivity contribution is 5.57. The minimum absolute atomic E-state index is 0.784. The lowest BCUT2D eigenvalue weighted by Crippen LogP contribution is -2.35. The minimum atomic E-state index is 0.784. The van der Waals surface area contributed by atoms with E-state index >= 15 is 0 Å². The van der Waals surface area contributed by atoms with Gasteiger partial charge in [0.05, 0.1) is 5.69 Å². The second-order valence-corrected chi connectivity index (χ2v) is 7.79. The average molecular weight is 367 g/mol. The molecule has 0 aromatic carbocycles. The van der Waals surface area contributed by atoms with Gasteiger partial charge in [-0.05, 0) is 52.4 Å². The molecule has 1 aliphatic rings. The van der Waals surface area contributed by atoms with Crippen molar-refractivity contribution in [3.05, 3.63) is 41.2 Å². The van der Waals surface area contributed by atoms with Crippen LogP contribution in [0.3, 0.4) is 0 Å². The van der Waals surface area contributed by atoms with E-state index in [4.69, 9.17) is 10.1 Å². The van der Waals surface area contributed by atoms with Gasteiger partial charge in [0.1, 0.15) is 11.6 Å². The fourth-order valence-corrected chi connectivity index (χ4v) is 4.08. The van der Waals surface area contributed by atoms with Gasteiger partial charge in [-0.1, -0.05) is 6.92 Å². The zero-order chi connectivity index (χ0) is 19.0. The Morgan fingerprint density at radius 2 is 1.93 bits per heavy atom. The maximum Gasteiger partial charge on any atom is 0.160 e. The van der Waals surface area contributed by atoms with Crippen molar-refractivity contribution in [3.8, 4) is 0 Å². The summed E-state index contributed by atoms with van der Waals surface area (Å²) in [5, 5.41) is 4.76. The third kappa shape index (κ3) is 3.45. The average Bonchev–Trinajstić information content (AvgIpc) is 3.23. The molecule has 1 saturated heterocycles. The zero-order valence-corrected chi connectivity index (χ0v) is 16.9. The second kappa shape index (κ2) is 7.33. The van der Waals surface area contributed by atoms with Crippen LogP contribution < -0.4 is 4.90 Å². The van der Waals surface area contributed by atoms with Crippen LogP contribution in [0.15, 0.2) is 18.5 Å². The van der Waals surface area contributed by atoms with Crippen LogP contribution in [0, 0.1) is 26.7 Å². The highest BCUT2D eigenvalue weighted by Crippen LogP contribution is 2.28. The first-order valence-corrected chi connectivity index (χ1v) is 10.2. The lowest BCUT2D eigenvalue weighted by atomic mass is 9.93. The van der Waals surface area contributed by atoms with Gasteiger partial charge in [0.2, 0.25) is 0 Å². The molecule has 0 spiro atoms. The van der Waals surface area contributed by atoms with Crippen molar-refractivity contribution in [1.82, 2.24) is 24.1 Å². The Morgan fingerprint density at radius 1 is 1.15 bits per heavy atom. The number of aryl methyl sites for hydroxylation is 5. The quantitative estimate of drug-likeness (QED) is 0.690. The van der Waals surface area contributed by atoms with Crippen molar-refractivity contribution >= 4 is 11.5 Å². The first-order chi connectivity index (χ1) is 13.1. The van der Waals surface area contributed by atoms with Gasteiger partial charge in [0, 0.05) is 49.4 Å². The van der Waals surface area contributed by atoms with Crippen LogP contribution in [-0.4, -0.2) is 37.2 Å². The number of aromatic nitrogens is 5. The fourth-order valence-electron chi connectivity index (χ4n) is 4.08. The van der Waals surface area contributed by atoms with Crippen LogP contribution in [0.4, 0.5) is 5.82 Å². The summed E-state index contributed by atoms with van der Waals surface area (Å²) >= 11 is 0. The van der Waals surface area contributed by atoms with E-state index in [-0.39, 0.29) is 0 Å². The number of piperidine rings is 1. The summed E-state index contributed by atoms with van der Waals surface area (Å²) in [5.74, 6) is 3.10. The summed E-state index contributed by atoms with van der Waals surface area (Å²) in [4.78, 5) is 11.6. The Balaban J connectivity index is 1.48. The van der Waals surface area contributed by atoms with Crippen LogP contribution in [0.2, 0.25) is 0 Å². The molecule has 27 heavy (non-hydrogen) atoms. The molecular weight excluding hydrogens is 336 g/mol. The third-order valence-corrected chi connectivity index (χ3v) is 6.09. The molecule has 4 heterocycles. The van der Waals surface area contributed by atoms with Gasteiger partial charge in [-0.2, -0.15) is 9.61 Å². The van der Waals surface area contributed by atoms with Crippen LogP contribution in [0.5, 0.6) is 0 Å². The SMILES string of the molecule is CCc1cc(N2CCC(CCn3ccnc3C)CC2)n2nc(C)c(C)c2n1. The smallest absolute Gasteiger partial charge is 0.160 e. The first-order valence-electron chi connectivity index (χ1n) is 10.2. The molecule has 3 aromatic rings. The van der Waals surface area contributed by atoms with Gasteiger partial charge < -0.3 is 9.47 Å². The minimum Gasteiger partial charge on any atom is -0.356 e. The Morgan fingerprint density at radius 3 is 2.59 bits per heavy atom. The Hall–Kier alpha value is -2.37. The van der Waals surface area contributed by atoms with Crippen molar-refractivity contribution in [2.75, 3.05) is 18.0 Å². The van der Waals surface area contributed by atoms with Gasteiger partial charge in [-0.3, -0.25) is 0 Å². The highest BCUT2D eigenvalue weighted by atomic mass is 15.4. The highest BCUT2D eigenvalue weighted by Gasteiger charge is 2.23. The molecule has 6 nitrogen and oxygen atoms in total. The molecule has 0 unspecified atom stereocenters. The molecule has 3 aromatic heterocycles. The van der Waals surface area contributed by atoms with E-state index in [0.29, 0.717) is 0 Å². The molecule has 0 atom stereocenters. The Kier molecular flexibility index (Phi) is 4.89. The predicted octanol–water partition coefficient (Wildman–Crippen LogP) is 3.72. The first kappa shape index (κ1) is 18.0. The largest absolute Gasteiger partial charge is 0.356 e.